The first-order valence-electron chi connectivity index (χ1n) is 11.7. The van der Waals surface area contributed by atoms with Crippen LogP contribution in [0.15, 0.2) is 64.6 Å². The van der Waals surface area contributed by atoms with Crippen molar-refractivity contribution in [1.29, 1.82) is 0 Å². The number of nitrogens with one attached hydrogen (secondary N) is 2. The Bertz CT molecular complexity index is 1750. The van der Waals surface area contributed by atoms with Crippen molar-refractivity contribution in [3.05, 3.63) is 66.0 Å². The van der Waals surface area contributed by atoms with Gasteiger partial charge in [0.15, 0.2) is 5.65 Å². The lowest BCUT2D eigenvalue weighted by Crippen LogP contribution is -2.16. The standard InChI is InChI=1S/C25H24N8O3S2/c1-4-33-20-8-6-5-7-19(20)22-23(33)29-25(31-30-22)37-14-21(34)28-17-9-11-18(12-10-17)38(35,36)32-24-26-15(2)13-16(3)27-24/h5-13H,4,14H2,1-3H3,(H,28,34)(H,26,27,32). The molecule has 3 heterocycles. The van der Waals surface area contributed by atoms with E-state index in [9.17, 15) is 13.2 Å². The van der Waals surface area contributed by atoms with Gasteiger partial charge in [0.05, 0.1) is 16.2 Å². The number of sulfonamides is 1. The lowest BCUT2D eigenvalue weighted by molar-refractivity contribution is -0.113. The molecule has 0 bridgehead atoms. The van der Waals surface area contributed by atoms with Gasteiger partial charge in [0, 0.05) is 29.0 Å². The Kier molecular flexibility index (Phi) is 6.95. The van der Waals surface area contributed by atoms with Crippen molar-refractivity contribution in [2.75, 3.05) is 15.8 Å². The lowest BCUT2D eigenvalue weighted by atomic mass is 10.2. The monoisotopic (exact) mass is 548 g/mol. The Morgan fingerprint density at radius 2 is 1.68 bits per heavy atom. The average Bonchev–Trinajstić information content (AvgIpc) is 3.20. The Labute approximate surface area is 223 Å². The van der Waals surface area contributed by atoms with Crippen LogP contribution in [0.25, 0.3) is 22.1 Å². The topological polar surface area (TPSA) is 145 Å². The number of benzene rings is 2. The summed E-state index contributed by atoms with van der Waals surface area (Å²) < 4.78 is 29.9. The molecule has 0 saturated heterocycles. The first kappa shape index (κ1) is 25.5. The van der Waals surface area contributed by atoms with Gasteiger partial charge in [-0.2, -0.15) is 0 Å². The molecule has 0 saturated carbocycles. The zero-order chi connectivity index (χ0) is 26.9. The van der Waals surface area contributed by atoms with Crippen LogP contribution >= 0.6 is 11.8 Å². The fourth-order valence-electron chi connectivity index (χ4n) is 4.07. The van der Waals surface area contributed by atoms with Gasteiger partial charge in [-0.15, -0.1) is 10.2 Å². The van der Waals surface area contributed by atoms with E-state index in [-0.39, 0.29) is 22.5 Å². The van der Waals surface area contributed by atoms with Crippen LogP contribution in [0.1, 0.15) is 18.3 Å². The van der Waals surface area contributed by atoms with Crippen LogP contribution in [0.3, 0.4) is 0 Å². The number of rotatable bonds is 8. The Hall–Kier alpha value is -4.10. The number of para-hydroxylation sites is 1. The van der Waals surface area contributed by atoms with Gasteiger partial charge < -0.3 is 9.88 Å². The van der Waals surface area contributed by atoms with E-state index in [1.165, 1.54) is 36.0 Å². The van der Waals surface area contributed by atoms with E-state index in [0.29, 0.717) is 22.2 Å². The molecule has 5 rings (SSSR count). The van der Waals surface area contributed by atoms with Crippen molar-refractivity contribution in [2.24, 2.45) is 0 Å². The smallest absolute Gasteiger partial charge is 0.264 e. The molecular weight excluding hydrogens is 524 g/mol. The minimum atomic E-state index is -3.89. The van der Waals surface area contributed by atoms with Crippen LogP contribution in [-0.2, 0) is 21.4 Å². The average molecular weight is 549 g/mol. The fourth-order valence-corrected chi connectivity index (χ4v) is 5.59. The lowest BCUT2D eigenvalue weighted by Gasteiger charge is -2.09. The highest BCUT2D eigenvalue weighted by Gasteiger charge is 2.17. The zero-order valence-electron chi connectivity index (χ0n) is 20.8. The van der Waals surface area contributed by atoms with E-state index < -0.39 is 10.0 Å². The number of fused-ring (bicyclic) bond motifs is 3. The molecular formula is C25H24N8O3S2. The van der Waals surface area contributed by atoms with Crippen molar-refractivity contribution in [1.82, 2.24) is 29.7 Å². The summed E-state index contributed by atoms with van der Waals surface area (Å²) in [6, 6.07) is 15.5. The second kappa shape index (κ2) is 10.3. The van der Waals surface area contributed by atoms with E-state index in [2.05, 4.69) is 39.8 Å². The number of hydrogen-bond donors (Lipinski definition) is 2. The van der Waals surface area contributed by atoms with E-state index >= 15 is 0 Å². The molecule has 1 amide bonds. The summed E-state index contributed by atoms with van der Waals surface area (Å²) in [5.74, 6) is -0.219. The predicted octanol–water partition coefficient (Wildman–Crippen LogP) is 3.94. The molecule has 0 unspecified atom stereocenters. The quantitative estimate of drug-likeness (QED) is 0.275. The summed E-state index contributed by atoms with van der Waals surface area (Å²) in [4.78, 5) is 25.4. The number of hydrogen-bond acceptors (Lipinski definition) is 9. The molecule has 0 atom stereocenters. The maximum Gasteiger partial charge on any atom is 0.264 e. The first-order valence-corrected chi connectivity index (χ1v) is 14.2. The Morgan fingerprint density at radius 1 is 0.974 bits per heavy atom. The normalized spacial score (nSPS) is 11.7. The molecule has 2 aromatic carbocycles. The molecule has 38 heavy (non-hydrogen) atoms. The second-order valence-corrected chi connectivity index (χ2v) is 11.1. The number of aryl methyl sites for hydroxylation is 3. The van der Waals surface area contributed by atoms with Crippen molar-refractivity contribution in [3.8, 4) is 0 Å². The van der Waals surface area contributed by atoms with Crippen LogP contribution in [0.4, 0.5) is 11.6 Å². The number of aromatic nitrogens is 6. The molecule has 0 radical (unpaired) electrons. The molecule has 0 aliphatic heterocycles. The molecule has 0 aliphatic carbocycles. The van der Waals surface area contributed by atoms with Crippen LogP contribution < -0.4 is 10.0 Å². The minimum Gasteiger partial charge on any atom is -0.325 e. The molecule has 2 N–H and O–H groups in total. The van der Waals surface area contributed by atoms with Crippen molar-refractivity contribution < 1.29 is 13.2 Å². The summed E-state index contributed by atoms with van der Waals surface area (Å²) in [5.41, 5.74) is 4.25. The maximum atomic E-state index is 12.7. The van der Waals surface area contributed by atoms with Crippen LogP contribution in [0.5, 0.6) is 0 Å². The molecule has 13 heteroatoms. The third kappa shape index (κ3) is 5.29. The van der Waals surface area contributed by atoms with Crippen molar-refractivity contribution in [3.63, 3.8) is 0 Å². The molecule has 5 aromatic rings. The van der Waals surface area contributed by atoms with Gasteiger partial charge >= 0.3 is 0 Å². The molecule has 194 valence electrons. The largest absolute Gasteiger partial charge is 0.325 e. The molecule has 0 aliphatic rings. The predicted molar refractivity (Wildman–Crippen MR) is 147 cm³/mol. The van der Waals surface area contributed by atoms with Crippen molar-refractivity contribution >= 4 is 61.4 Å². The van der Waals surface area contributed by atoms with E-state index in [1.807, 2.05) is 31.2 Å². The number of anilines is 2. The summed E-state index contributed by atoms with van der Waals surface area (Å²) in [5, 5.41) is 12.7. The van der Waals surface area contributed by atoms with Gasteiger partial charge in [-0.05, 0) is 57.2 Å². The number of amides is 1. The highest BCUT2D eigenvalue weighted by molar-refractivity contribution is 7.99. The molecule has 11 nitrogen and oxygen atoms in total. The highest BCUT2D eigenvalue weighted by atomic mass is 32.2. The zero-order valence-corrected chi connectivity index (χ0v) is 22.5. The van der Waals surface area contributed by atoms with Crippen LogP contribution in [0.2, 0.25) is 0 Å². The van der Waals surface area contributed by atoms with E-state index in [0.717, 1.165) is 28.6 Å². The van der Waals surface area contributed by atoms with Crippen LogP contribution in [-0.4, -0.2) is 49.8 Å². The molecule has 3 aromatic heterocycles. The number of thioether (sulfide) groups is 1. The summed E-state index contributed by atoms with van der Waals surface area (Å²) in [6.45, 7) is 6.28. The van der Waals surface area contributed by atoms with Crippen LogP contribution in [0, 0.1) is 13.8 Å². The van der Waals surface area contributed by atoms with E-state index in [1.54, 1.807) is 19.9 Å². The van der Waals surface area contributed by atoms with Gasteiger partial charge in [0.1, 0.15) is 5.52 Å². The summed E-state index contributed by atoms with van der Waals surface area (Å²) >= 11 is 1.17. The van der Waals surface area contributed by atoms with Gasteiger partial charge in [-0.1, -0.05) is 30.0 Å². The summed E-state index contributed by atoms with van der Waals surface area (Å²) in [7, 11) is -3.89. The Morgan fingerprint density at radius 3 is 2.39 bits per heavy atom. The van der Waals surface area contributed by atoms with Gasteiger partial charge in [0.25, 0.3) is 10.0 Å². The molecule has 0 fully saturated rings. The highest BCUT2D eigenvalue weighted by Crippen LogP contribution is 2.27. The maximum absolute atomic E-state index is 12.7. The first-order chi connectivity index (χ1) is 18.2. The Balaban J connectivity index is 1.23. The van der Waals surface area contributed by atoms with Gasteiger partial charge in [0.2, 0.25) is 17.0 Å². The number of nitrogens with zero attached hydrogens (tertiary/aromatic N) is 6. The molecule has 0 spiro atoms. The third-order valence-corrected chi connectivity index (χ3v) is 7.84. The number of carbonyl (C=O) groups is 1. The number of carbonyl (C=O) groups excluding carboxylic acids is 1. The minimum absolute atomic E-state index is 0.00565. The van der Waals surface area contributed by atoms with E-state index in [4.69, 9.17) is 0 Å². The van der Waals surface area contributed by atoms with Gasteiger partial charge in [-0.3, -0.25) is 4.79 Å². The second-order valence-electron chi connectivity index (χ2n) is 8.47. The van der Waals surface area contributed by atoms with Gasteiger partial charge in [-0.25, -0.2) is 28.1 Å². The van der Waals surface area contributed by atoms with Crippen molar-refractivity contribution in [2.45, 2.75) is 37.4 Å². The fraction of sp³-hybridized carbons (Fsp3) is 0.200. The summed E-state index contributed by atoms with van der Waals surface area (Å²) in [6.07, 6.45) is 0. The SMILES string of the molecule is CCn1c2ccccc2c2nnc(SCC(=O)Nc3ccc(S(=O)(=O)Nc4nc(C)cc(C)n4)cc3)nc21. The third-order valence-electron chi connectivity index (χ3n) is 5.66.